The lowest BCUT2D eigenvalue weighted by atomic mass is 10.1. The van der Waals surface area contributed by atoms with Crippen LogP contribution in [0, 0.1) is 13.8 Å². The molecule has 66 valence electrons. The van der Waals surface area contributed by atoms with Crippen molar-refractivity contribution < 1.29 is 0 Å². The number of nitrogens with zero attached hydrogens (tertiary/aromatic N) is 2. The Hall–Kier alpha value is -0.630. The Bertz CT molecular complexity index is 261. The molecular formula is C9H13ClN2. The van der Waals surface area contributed by atoms with Crippen molar-refractivity contribution in [2.45, 2.75) is 33.6 Å². The summed E-state index contributed by atoms with van der Waals surface area (Å²) in [6.45, 7) is 5.95. The van der Waals surface area contributed by atoms with Crippen molar-refractivity contribution in [3.05, 3.63) is 22.2 Å². The van der Waals surface area contributed by atoms with Crippen molar-refractivity contribution in [2.75, 3.05) is 0 Å². The minimum Gasteiger partial charge on any atom is -0.238 e. The van der Waals surface area contributed by atoms with Crippen LogP contribution in [0.5, 0.6) is 0 Å². The predicted molar refractivity (Wildman–Crippen MR) is 50.5 cm³/mol. The van der Waals surface area contributed by atoms with Gasteiger partial charge in [0.15, 0.2) is 0 Å². The molecule has 0 atom stereocenters. The fourth-order valence-corrected chi connectivity index (χ4v) is 1.58. The van der Waals surface area contributed by atoms with Gasteiger partial charge in [-0.3, -0.25) is 0 Å². The highest BCUT2D eigenvalue weighted by Crippen LogP contribution is 2.17. The summed E-state index contributed by atoms with van der Waals surface area (Å²) in [6.07, 6.45) is 2.04. The first-order chi connectivity index (χ1) is 5.65. The summed E-state index contributed by atoms with van der Waals surface area (Å²) >= 11 is 5.96. The SMILES string of the molecule is CCCc1c(C)nc(C)nc1Cl. The lowest BCUT2D eigenvalue weighted by Crippen LogP contribution is -1.99. The Labute approximate surface area is 78.0 Å². The van der Waals surface area contributed by atoms with Gasteiger partial charge in [-0.1, -0.05) is 24.9 Å². The fourth-order valence-electron chi connectivity index (χ4n) is 1.23. The molecule has 0 fully saturated rings. The minimum atomic E-state index is 0.613. The zero-order valence-electron chi connectivity index (χ0n) is 7.69. The molecule has 1 aromatic heterocycles. The second kappa shape index (κ2) is 3.85. The molecule has 0 N–H and O–H groups in total. The Kier molecular flexibility index (Phi) is 3.04. The van der Waals surface area contributed by atoms with E-state index in [4.69, 9.17) is 11.6 Å². The van der Waals surface area contributed by atoms with E-state index in [1.807, 2.05) is 13.8 Å². The van der Waals surface area contributed by atoms with Crippen LogP contribution in [-0.4, -0.2) is 9.97 Å². The van der Waals surface area contributed by atoms with E-state index in [2.05, 4.69) is 16.9 Å². The predicted octanol–water partition coefficient (Wildman–Crippen LogP) is 2.70. The molecule has 1 rings (SSSR count). The topological polar surface area (TPSA) is 25.8 Å². The maximum Gasteiger partial charge on any atom is 0.136 e. The van der Waals surface area contributed by atoms with Crippen molar-refractivity contribution in [3.8, 4) is 0 Å². The van der Waals surface area contributed by atoms with Gasteiger partial charge in [0.25, 0.3) is 0 Å². The minimum absolute atomic E-state index is 0.613. The molecule has 12 heavy (non-hydrogen) atoms. The molecule has 0 amide bonds. The molecule has 0 aliphatic rings. The van der Waals surface area contributed by atoms with Crippen LogP contribution >= 0.6 is 11.6 Å². The van der Waals surface area contributed by atoms with Gasteiger partial charge in [-0.25, -0.2) is 9.97 Å². The second-order valence-corrected chi connectivity index (χ2v) is 3.23. The molecule has 0 bridgehead atoms. The highest BCUT2D eigenvalue weighted by atomic mass is 35.5. The number of aromatic nitrogens is 2. The lowest BCUT2D eigenvalue weighted by molar-refractivity contribution is 0.869. The molecule has 0 radical (unpaired) electrons. The van der Waals surface area contributed by atoms with Crippen molar-refractivity contribution in [1.82, 2.24) is 9.97 Å². The quantitative estimate of drug-likeness (QED) is 0.661. The van der Waals surface area contributed by atoms with Crippen LogP contribution in [0.1, 0.15) is 30.4 Å². The third kappa shape index (κ3) is 1.95. The van der Waals surface area contributed by atoms with E-state index >= 15 is 0 Å². The summed E-state index contributed by atoms with van der Waals surface area (Å²) in [6, 6.07) is 0. The maximum absolute atomic E-state index is 5.96. The molecule has 0 aliphatic carbocycles. The van der Waals surface area contributed by atoms with Crippen molar-refractivity contribution in [3.63, 3.8) is 0 Å². The highest BCUT2D eigenvalue weighted by Gasteiger charge is 2.06. The number of halogens is 1. The zero-order chi connectivity index (χ0) is 9.14. The molecule has 3 heteroatoms. The van der Waals surface area contributed by atoms with E-state index in [9.17, 15) is 0 Å². The van der Waals surface area contributed by atoms with E-state index in [-0.39, 0.29) is 0 Å². The van der Waals surface area contributed by atoms with Crippen molar-refractivity contribution in [1.29, 1.82) is 0 Å². The van der Waals surface area contributed by atoms with E-state index in [0.717, 1.165) is 29.9 Å². The van der Waals surface area contributed by atoms with Crippen LogP contribution < -0.4 is 0 Å². The van der Waals surface area contributed by atoms with E-state index in [1.54, 1.807) is 0 Å². The first-order valence-corrected chi connectivity index (χ1v) is 4.52. The van der Waals surface area contributed by atoms with E-state index in [0.29, 0.717) is 5.15 Å². The van der Waals surface area contributed by atoms with Gasteiger partial charge in [0.1, 0.15) is 11.0 Å². The van der Waals surface area contributed by atoms with Crippen molar-refractivity contribution >= 4 is 11.6 Å². The average molecular weight is 185 g/mol. The molecule has 0 aromatic carbocycles. The maximum atomic E-state index is 5.96. The van der Waals surface area contributed by atoms with E-state index in [1.165, 1.54) is 0 Å². The smallest absolute Gasteiger partial charge is 0.136 e. The van der Waals surface area contributed by atoms with Crippen LogP contribution in [0.2, 0.25) is 5.15 Å². The molecule has 0 aliphatic heterocycles. The van der Waals surface area contributed by atoms with Crippen LogP contribution in [0.3, 0.4) is 0 Å². The largest absolute Gasteiger partial charge is 0.238 e. The molecular weight excluding hydrogens is 172 g/mol. The summed E-state index contributed by atoms with van der Waals surface area (Å²) in [5.74, 6) is 0.748. The van der Waals surface area contributed by atoms with E-state index < -0.39 is 0 Å². The monoisotopic (exact) mass is 184 g/mol. The van der Waals surface area contributed by atoms with Gasteiger partial charge in [-0.2, -0.15) is 0 Å². The van der Waals surface area contributed by atoms with Crippen molar-refractivity contribution in [2.24, 2.45) is 0 Å². The van der Waals surface area contributed by atoms with Gasteiger partial charge in [0.05, 0.1) is 0 Å². The third-order valence-electron chi connectivity index (χ3n) is 1.78. The Morgan fingerprint density at radius 2 is 1.92 bits per heavy atom. The van der Waals surface area contributed by atoms with Crippen LogP contribution in [0.4, 0.5) is 0 Å². The normalized spacial score (nSPS) is 10.3. The molecule has 0 saturated carbocycles. The molecule has 2 nitrogen and oxygen atoms in total. The molecule has 0 unspecified atom stereocenters. The Morgan fingerprint density at radius 3 is 2.42 bits per heavy atom. The van der Waals surface area contributed by atoms with Gasteiger partial charge in [-0.15, -0.1) is 0 Å². The van der Waals surface area contributed by atoms with Gasteiger partial charge in [0.2, 0.25) is 0 Å². The van der Waals surface area contributed by atoms with Crippen LogP contribution in [0.15, 0.2) is 0 Å². The molecule has 0 saturated heterocycles. The Morgan fingerprint density at radius 1 is 1.25 bits per heavy atom. The number of aryl methyl sites for hydroxylation is 2. The first-order valence-electron chi connectivity index (χ1n) is 4.14. The second-order valence-electron chi connectivity index (χ2n) is 2.88. The first kappa shape index (κ1) is 9.46. The number of hydrogen-bond donors (Lipinski definition) is 0. The van der Waals surface area contributed by atoms with Crippen LogP contribution in [0.25, 0.3) is 0 Å². The van der Waals surface area contributed by atoms with Crippen LogP contribution in [-0.2, 0) is 6.42 Å². The summed E-state index contributed by atoms with van der Waals surface area (Å²) in [5.41, 5.74) is 2.10. The average Bonchev–Trinajstić information content (AvgIpc) is 1.96. The summed E-state index contributed by atoms with van der Waals surface area (Å²) < 4.78 is 0. The third-order valence-corrected chi connectivity index (χ3v) is 2.09. The van der Waals surface area contributed by atoms with Gasteiger partial charge < -0.3 is 0 Å². The zero-order valence-corrected chi connectivity index (χ0v) is 8.44. The molecule has 1 heterocycles. The number of rotatable bonds is 2. The highest BCUT2D eigenvalue weighted by molar-refractivity contribution is 6.30. The summed E-state index contributed by atoms with van der Waals surface area (Å²) in [7, 11) is 0. The van der Waals surface area contributed by atoms with Gasteiger partial charge in [0, 0.05) is 11.3 Å². The molecule has 1 aromatic rings. The molecule has 0 spiro atoms. The number of hydrogen-bond acceptors (Lipinski definition) is 2. The lowest BCUT2D eigenvalue weighted by Gasteiger charge is -2.05. The summed E-state index contributed by atoms with van der Waals surface area (Å²) in [5, 5.41) is 0.613. The Balaban J connectivity index is 3.10. The summed E-state index contributed by atoms with van der Waals surface area (Å²) in [4.78, 5) is 8.36. The standard InChI is InChI=1S/C9H13ClN2/c1-4-5-8-6(2)11-7(3)12-9(8)10/h4-5H2,1-3H3. The van der Waals surface area contributed by atoms with Gasteiger partial charge >= 0.3 is 0 Å². The fraction of sp³-hybridized carbons (Fsp3) is 0.556. The van der Waals surface area contributed by atoms with Gasteiger partial charge in [-0.05, 0) is 20.3 Å².